The van der Waals surface area contributed by atoms with E-state index in [0.717, 1.165) is 19.3 Å². The van der Waals surface area contributed by atoms with E-state index in [1.807, 2.05) is 0 Å². The Bertz CT molecular complexity index is 418. The van der Waals surface area contributed by atoms with Crippen molar-refractivity contribution in [3.63, 3.8) is 0 Å². The number of hydrogen-bond acceptors (Lipinski definition) is 4. The van der Waals surface area contributed by atoms with Gasteiger partial charge in [0, 0.05) is 13.7 Å². The van der Waals surface area contributed by atoms with Gasteiger partial charge in [0.2, 0.25) is 0 Å². The van der Waals surface area contributed by atoms with Crippen LogP contribution in [0.2, 0.25) is 0 Å². The summed E-state index contributed by atoms with van der Waals surface area (Å²) in [5.74, 6) is 0.628. The van der Waals surface area contributed by atoms with Gasteiger partial charge in [-0.1, -0.05) is 25.6 Å². The molecule has 0 spiro atoms. The van der Waals surface area contributed by atoms with E-state index in [0.29, 0.717) is 25.4 Å². The summed E-state index contributed by atoms with van der Waals surface area (Å²) in [6.07, 6.45) is 4.30. The average molecular weight is 323 g/mol. The predicted octanol–water partition coefficient (Wildman–Crippen LogP) is 0.682. The van der Waals surface area contributed by atoms with Gasteiger partial charge in [0.1, 0.15) is 0 Å². The van der Waals surface area contributed by atoms with Gasteiger partial charge in [0.25, 0.3) is 10.2 Å². The summed E-state index contributed by atoms with van der Waals surface area (Å²) in [6.45, 7) is 2.69. The minimum absolute atomic E-state index is 0.219. The molecule has 8 heteroatoms. The number of nitrogens with two attached hydrogens (primary N) is 1. The minimum Gasteiger partial charge on any atom is -0.392 e. The Morgan fingerprint density at radius 1 is 1.45 bits per heavy atom. The normalized spacial score (nSPS) is 27.4. The molecule has 0 heterocycles. The molecule has 0 amide bonds. The second-order valence-corrected chi connectivity index (χ2v) is 7.23. The Balaban J connectivity index is 2.70. The van der Waals surface area contributed by atoms with E-state index >= 15 is 0 Å². The number of methoxy groups -OCH3 is 1. The molecule has 0 radical (unpaired) electrons. The van der Waals surface area contributed by atoms with Crippen molar-refractivity contribution in [3.8, 4) is 0 Å². The van der Waals surface area contributed by atoms with Crippen molar-refractivity contribution in [2.24, 2.45) is 11.7 Å². The van der Waals surface area contributed by atoms with Crippen molar-refractivity contribution >= 4 is 27.4 Å². The molecule has 0 unspecified atom stereocenters. The van der Waals surface area contributed by atoms with Crippen LogP contribution in [-0.4, -0.2) is 39.2 Å². The van der Waals surface area contributed by atoms with Crippen molar-refractivity contribution in [2.45, 2.75) is 44.6 Å². The van der Waals surface area contributed by atoms with Crippen LogP contribution in [0.1, 0.15) is 39.0 Å². The molecule has 0 aromatic heterocycles. The zero-order valence-electron chi connectivity index (χ0n) is 12.1. The highest BCUT2D eigenvalue weighted by molar-refractivity contribution is 7.87. The minimum atomic E-state index is -3.63. The number of thiocarbonyl (C=S) groups is 1. The molecule has 0 aromatic carbocycles. The molecule has 1 aliphatic rings. The van der Waals surface area contributed by atoms with E-state index in [2.05, 4.69) is 16.4 Å². The Labute approximate surface area is 127 Å². The zero-order chi connectivity index (χ0) is 15.2. The van der Waals surface area contributed by atoms with Crippen molar-refractivity contribution in [1.82, 2.24) is 9.44 Å². The van der Waals surface area contributed by atoms with Crippen LogP contribution < -0.4 is 15.2 Å². The lowest BCUT2D eigenvalue weighted by Crippen LogP contribution is -2.60. The van der Waals surface area contributed by atoms with Gasteiger partial charge in [-0.2, -0.15) is 17.9 Å². The van der Waals surface area contributed by atoms with E-state index < -0.39 is 15.7 Å². The second kappa shape index (κ2) is 7.65. The van der Waals surface area contributed by atoms with Gasteiger partial charge >= 0.3 is 0 Å². The maximum atomic E-state index is 12.0. The van der Waals surface area contributed by atoms with E-state index in [1.54, 1.807) is 0 Å². The van der Waals surface area contributed by atoms with Crippen LogP contribution in [0, 0.1) is 5.92 Å². The quantitative estimate of drug-likeness (QED) is 0.451. The van der Waals surface area contributed by atoms with Gasteiger partial charge in [0.15, 0.2) is 0 Å². The summed E-state index contributed by atoms with van der Waals surface area (Å²) in [7, 11) is -2.11. The fourth-order valence-electron chi connectivity index (χ4n) is 2.55. The average Bonchev–Trinajstić information content (AvgIpc) is 2.39. The number of ether oxygens (including phenoxy) is 1. The molecule has 0 bridgehead atoms. The van der Waals surface area contributed by atoms with Gasteiger partial charge in [-0.05, 0) is 31.6 Å². The molecule has 0 aromatic rings. The molecular formula is C12H25N3O3S2. The summed E-state index contributed by atoms with van der Waals surface area (Å²) in [5.41, 5.74) is 5.01. The summed E-state index contributed by atoms with van der Waals surface area (Å²) in [4.78, 5) is 0.226. The third kappa shape index (κ3) is 4.92. The van der Waals surface area contributed by atoms with Crippen molar-refractivity contribution in [2.75, 3.05) is 20.3 Å². The van der Waals surface area contributed by atoms with Gasteiger partial charge in [0.05, 0.1) is 17.1 Å². The maximum Gasteiger partial charge on any atom is 0.277 e. The fourth-order valence-corrected chi connectivity index (χ4v) is 4.12. The first kappa shape index (κ1) is 17.8. The molecule has 1 rings (SSSR count). The van der Waals surface area contributed by atoms with Gasteiger partial charge in [-0.15, -0.1) is 0 Å². The lowest BCUT2D eigenvalue weighted by atomic mass is 9.76. The van der Waals surface area contributed by atoms with Crippen molar-refractivity contribution in [3.05, 3.63) is 0 Å². The topological polar surface area (TPSA) is 93.5 Å². The highest BCUT2D eigenvalue weighted by atomic mass is 32.2. The summed E-state index contributed by atoms with van der Waals surface area (Å²) in [5, 5.41) is 0. The van der Waals surface area contributed by atoms with Crippen LogP contribution in [0.4, 0.5) is 0 Å². The monoisotopic (exact) mass is 323 g/mol. The number of hydrogen-bond donors (Lipinski definition) is 3. The first-order valence-electron chi connectivity index (χ1n) is 6.92. The molecule has 4 N–H and O–H groups in total. The van der Waals surface area contributed by atoms with E-state index in [1.165, 1.54) is 7.11 Å². The van der Waals surface area contributed by atoms with E-state index in [-0.39, 0.29) is 11.5 Å². The standard InChI is InChI=1S/C12H25N3O3S2/c1-3-10-4-6-12(7-5-10,11(13)19)15-20(16,17)14-8-9-18-2/h10,14-15H,3-9H2,1-2H3,(H2,13,19). The highest BCUT2D eigenvalue weighted by Crippen LogP contribution is 2.34. The molecule has 1 saturated carbocycles. The fraction of sp³-hybridized carbons (Fsp3) is 0.917. The summed E-state index contributed by atoms with van der Waals surface area (Å²) in [6, 6.07) is 0. The highest BCUT2D eigenvalue weighted by Gasteiger charge is 2.40. The van der Waals surface area contributed by atoms with Gasteiger partial charge in [-0.3, -0.25) is 0 Å². The van der Waals surface area contributed by atoms with Crippen molar-refractivity contribution in [1.29, 1.82) is 0 Å². The molecular weight excluding hydrogens is 298 g/mol. The van der Waals surface area contributed by atoms with Crippen LogP contribution in [0.15, 0.2) is 0 Å². The molecule has 0 aliphatic heterocycles. The van der Waals surface area contributed by atoms with Crippen LogP contribution in [0.5, 0.6) is 0 Å². The Kier molecular flexibility index (Phi) is 6.80. The first-order valence-corrected chi connectivity index (χ1v) is 8.82. The molecule has 118 valence electrons. The first-order chi connectivity index (χ1) is 9.35. The van der Waals surface area contributed by atoms with Gasteiger partial charge in [-0.25, -0.2) is 0 Å². The Morgan fingerprint density at radius 3 is 2.50 bits per heavy atom. The lowest BCUT2D eigenvalue weighted by molar-refractivity contribution is 0.204. The van der Waals surface area contributed by atoms with Crippen LogP contribution in [0.25, 0.3) is 0 Å². The molecule has 0 saturated heterocycles. The lowest BCUT2D eigenvalue weighted by Gasteiger charge is -2.39. The number of rotatable bonds is 8. The molecule has 1 fully saturated rings. The maximum absolute atomic E-state index is 12.0. The molecule has 20 heavy (non-hydrogen) atoms. The molecule has 0 atom stereocenters. The third-order valence-electron chi connectivity index (χ3n) is 3.94. The van der Waals surface area contributed by atoms with E-state index in [9.17, 15) is 8.42 Å². The Hall–Kier alpha value is -0.280. The molecule has 1 aliphatic carbocycles. The van der Waals surface area contributed by atoms with Gasteiger partial charge < -0.3 is 10.5 Å². The number of nitrogens with one attached hydrogen (secondary N) is 2. The van der Waals surface area contributed by atoms with Crippen LogP contribution in [0.3, 0.4) is 0 Å². The summed E-state index contributed by atoms with van der Waals surface area (Å²) < 4.78 is 34.0. The van der Waals surface area contributed by atoms with Crippen LogP contribution in [-0.2, 0) is 14.9 Å². The largest absolute Gasteiger partial charge is 0.392 e. The Morgan fingerprint density at radius 2 is 2.05 bits per heavy atom. The van der Waals surface area contributed by atoms with Crippen LogP contribution >= 0.6 is 12.2 Å². The molecule has 6 nitrogen and oxygen atoms in total. The van der Waals surface area contributed by atoms with E-state index in [4.69, 9.17) is 22.7 Å². The summed E-state index contributed by atoms with van der Waals surface area (Å²) >= 11 is 5.10. The zero-order valence-corrected chi connectivity index (χ0v) is 13.8. The predicted molar refractivity (Wildman–Crippen MR) is 83.7 cm³/mol. The third-order valence-corrected chi connectivity index (χ3v) is 5.57. The van der Waals surface area contributed by atoms with Crippen molar-refractivity contribution < 1.29 is 13.2 Å². The smallest absolute Gasteiger partial charge is 0.277 e. The second-order valence-electron chi connectivity index (χ2n) is 5.29. The SMILES string of the molecule is CCC1CCC(NS(=O)(=O)NCCOC)(C(N)=S)CC1.